The molecule has 5 rings (SSSR count). The van der Waals surface area contributed by atoms with Gasteiger partial charge in [0.2, 0.25) is 5.91 Å². The summed E-state index contributed by atoms with van der Waals surface area (Å²) in [4.78, 5) is 11.1. The highest BCUT2D eigenvalue weighted by Gasteiger charge is 2.54. The lowest BCUT2D eigenvalue weighted by molar-refractivity contribution is -0.128. The third kappa shape index (κ3) is 3.16. The number of hydrogen-bond donors (Lipinski definition) is 3. The Labute approximate surface area is 144 Å². The topological polar surface area (TPSA) is 61.4 Å². The van der Waals surface area contributed by atoms with Gasteiger partial charge in [0, 0.05) is 12.2 Å². The Balaban J connectivity index is 1.21. The number of hydroxylamine groups is 1. The van der Waals surface area contributed by atoms with E-state index in [9.17, 15) is 4.79 Å². The lowest BCUT2D eigenvalue weighted by Crippen LogP contribution is -2.27. The Hall–Kier alpha value is -1.55. The van der Waals surface area contributed by atoms with Gasteiger partial charge in [-0.25, -0.2) is 5.48 Å². The number of nitrogens with one attached hydrogen (secondary N) is 2. The average Bonchev–Trinajstić information content (AvgIpc) is 3.00. The second kappa shape index (κ2) is 6.40. The Bertz CT molecular complexity index is 579. The van der Waals surface area contributed by atoms with Crippen LogP contribution in [0.4, 0.5) is 5.69 Å². The molecule has 4 bridgehead atoms. The van der Waals surface area contributed by atoms with Crippen LogP contribution in [0, 0.1) is 23.2 Å². The standard InChI is InChI=1S/C20H28N2O2/c23-19(22-24)10-14-2-4-18(5-3-14)21-7-1-6-20-11-15-8-16(12-20)17(9-15)13-20/h2-5,15-17,21,24H,1,6-13H2,(H,22,23). The van der Waals surface area contributed by atoms with Gasteiger partial charge in [-0.1, -0.05) is 12.1 Å². The van der Waals surface area contributed by atoms with Crippen LogP contribution in [0.3, 0.4) is 0 Å². The molecule has 4 aliphatic rings. The summed E-state index contributed by atoms with van der Waals surface area (Å²) in [5.74, 6) is 2.82. The zero-order chi connectivity index (χ0) is 16.6. The summed E-state index contributed by atoms with van der Waals surface area (Å²) in [5, 5.41) is 12.1. The third-order valence-corrected chi connectivity index (χ3v) is 6.71. The van der Waals surface area contributed by atoms with Crippen molar-refractivity contribution >= 4 is 11.6 Å². The SMILES string of the molecule is O=C(Cc1ccc(NCCCC23CC4CC(C2)C(C4)C3)cc1)NO. The summed E-state index contributed by atoms with van der Waals surface area (Å²) in [6, 6.07) is 7.90. The molecule has 3 N–H and O–H groups in total. The number of carbonyl (C=O) groups is 1. The minimum absolute atomic E-state index is 0.211. The van der Waals surface area contributed by atoms with E-state index in [1.165, 1.54) is 44.9 Å². The van der Waals surface area contributed by atoms with Crippen molar-refractivity contribution in [2.45, 2.75) is 51.4 Å². The number of benzene rings is 1. The molecule has 4 saturated carbocycles. The number of rotatable bonds is 7. The van der Waals surface area contributed by atoms with Crippen molar-refractivity contribution in [3.63, 3.8) is 0 Å². The van der Waals surface area contributed by atoms with Crippen LogP contribution < -0.4 is 10.8 Å². The zero-order valence-electron chi connectivity index (χ0n) is 14.3. The maximum atomic E-state index is 11.1. The molecule has 0 radical (unpaired) electrons. The molecule has 0 aromatic heterocycles. The van der Waals surface area contributed by atoms with Crippen LogP contribution in [-0.2, 0) is 11.2 Å². The predicted octanol–water partition coefficient (Wildman–Crippen LogP) is 3.75. The fourth-order valence-corrected chi connectivity index (χ4v) is 5.95. The van der Waals surface area contributed by atoms with Crippen LogP contribution in [0.15, 0.2) is 24.3 Å². The van der Waals surface area contributed by atoms with Crippen LogP contribution in [-0.4, -0.2) is 17.7 Å². The molecule has 130 valence electrons. The Morgan fingerprint density at radius 3 is 2.46 bits per heavy atom. The van der Waals surface area contributed by atoms with Gasteiger partial charge in [0.05, 0.1) is 6.42 Å². The molecule has 4 heteroatoms. The van der Waals surface area contributed by atoms with Crippen LogP contribution >= 0.6 is 0 Å². The highest BCUT2D eigenvalue weighted by molar-refractivity contribution is 5.77. The fourth-order valence-electron chi connectivity index (χ4n) is 5.95. The lowest BCUT2D eigenvalue weighted by Gasteiger charge is -2.38. The molecule has 0 saturated heterocycles. The smallest absolute Gasteiger partial charge is 0.247 e. The molecule has 0 aliphatic heterocycles. The molecule has 0 heterocycles. The molecule has 4 aliphatic carbocycles. The van der Waals surface area contributed by atoms with Crippen LogP contribution in [0.1, 0.15) is 50.5 Å². The van der Waals surface area contributed by atoms with E-state index < -0.39 is 0 Å². The summed E-state index contributed by atoms with van der Waals surface area (Å²) in [5.41, 5.74) is 4.37. The van der Waals surface area contributed by atoms with Crippen molar-refractivity contribution in [2.24, 2.45) is 23.2 Å². The van der Waals surface area contributed by atoms with E-state index >= 15 is 0 Å². The molecule has 1 aromatic rings. The second-order valence-electron chi connectivity index (χ2n) is 8.41. The molecule has 4 fully saturated rings. The van der Waals surface area contributed by atoms with Gasteiger partial charge in [0.1, 0.15) is 0 Å². The first-order valence-electron chi connectivity index (χ1n) is 9.42. The van der Waals surface area contributed by atoms with E-state index in [1.54, 1.807) is 5.48 Å². The second-order valence-corrected chi connectivity index (χ2v) is 8.41. The molecule has 4 nitrogen and oxygen atoms in total. The van der Waals surface area contributed by atoms with Gasteiger partial charge in [-0.3, -0.25) is 10.0 Å². The molecule has 2 atom stereocenters. The van der Waals surface area contributed by atoms with E-state index in [0.29, 0.717) is 5.41 Å². The van der Waals surface area contributed by atoms with Crippen molar-refractivity contribution in [3.8, 4) is 0 Å². The van der Waals surface area contributed by atoms with Gasteiger partial charge in [-0.05, 0) is 85.8 Å². The number of anilines is 1. The number of hydrogen-bond acceptors (Lipinski definition) is 3. The van der Waals surface area contributed by atoms with E-state index in [2.05, 4.69) is 5.32 Å². The van der Waals surface area contributed by atoms with Gasteiger partial charge >= 0.3 is 0 Å². The van der Waals surface area contributed by atoms with Gasteiger partial charge in [-0.15, -0.1) is 0 Å². The highest BCUT2D eigenvalue weighted by atomic mass is 16.5. The first-order chi connectivity index (χ1) is 11.7. The van der Waals surface area contributed by atoms with Crippen LogP contribution in [0.25, 0.3) is 0 Å². The van der Waals surface area contributed by atoms with Crippen molar-refractivity contribution in [2.75, 3.05) is 11.9 Å². The van der Waals surface area contributed by atoms with Crippen molar-refractivity contribution in [1.82, 2.24) is 5.48 Å². The molecule has 2 unspecified atom stereocenters. The van der Waals surface area contributed by atoms with Crippen molar-refractivity contribution < 1.29 is 10.0 Å². The minimum atomic E-state index is -0.379. The van der Waals surface area contributed by atoms with Crippen LogP contribution in [0.2, 0.25) is 0 Å². The fraction of sp³-hybridized carbons (Fsp3) is 0.650. The quantitative estimate of drug-likeness (QED) is 0.406. The maximum absolute atomic E-state index is 11.1. The number of carbonyl (C=O) groups excluding carboxylic acids is 1. The summed E-state index contributed by atoms with van der Waals surface area (Å²) in [6.07, 6.45) is 10.4. The monoisotopic (exact) mass is 328 g/mol. The molecule has 1 amide bonds. The van der Waals surface area contributed by atoms with Gasteiger partial charge < -0.3 is 5.32 Å². The van der Waals surface area contributed by atoms with Crippen LogP contribution in [0.5, 0.6) is 0 Å². The first-order valence-corrected chi connectivity index (χ1v) is 9.42. The average molecular weight is 328 g/mol. The molecule has 1 aromatic carbocycles. The molecule has 0 spiro atoms. The van der Waals surface area contributed by atoms with Crippen molar-refractivity contribution in [1.29, 1.82) is 0 Å². The zero-order valence-corrected chi connectivity index (χ0v) is 14.3. The Kier molecular flexibility index (Phi) is 4.25. The summed E-state index contributed by atoms with van der Waals surface area (Å²) < 4.78 is 0. The first kappa shape index (κ1) is 15.9. The largest absolute Gasteiger partial charge is 0.385 e. The van der Waals surface area contributed by atoms with E-state index in [1.807, 2.05) is 24.3 Å². The summed E-state index contributed by atoms with van der Waals surface area (Å²) >= 11 is 0. The highest BCUT2D eigenvalue weighted by Crippen LogP contribution is 2.65. The Morgan fingerprint density at radius 2 is 1.83 bits per heavy atom. The molecular formula is C20H28N2O2. The third-order valence-electron chi connectivity index (χ3n) is 6.71. The maximum Gasteiger partial charge on any atom is 0.247 e. The minimum Gasteiger partial charge on any atom is -0.385 e. The molecule has 24 heavy (non-hydrogen) atoms. The molecular weight excluding hydrogens is 300 g/mol. The summed E-state index contributed by atoms with van der Waals surface area (Å²) in [7, 11) is 0. The number of amides is 1. The summed E-state index contributed by atoms with van der Waals surface area (Å²) in [6.45, 7) is 1.03. The Morgan fingerprint density at radius 1 is 1.12 bits per heavy atom. The van der Waals surface area contributed by atoms with Gasteiger partial charge in [0.25, 0.3) is 0 Å². The van der Waals surface area contributed by atoms with E-state index in [0.717, 1.165) is 35.5 Å². The van der Waals surface area contributed by atoms with Gasteiger partial charge in [0.15, 0.2) is 0 Å². The van der Waals surface area contributed by atoms with E-state index in [-0.39, 0.29) is 12.3 Å². The lowest BCUT2D eigenvalue weighted by atomic mass is 9.67. The van der Waals surface area contributed by atoms with Crippen molar-refractivity contribution in [3.05, 3.63) is 29.8 Å². The predicted molar refractivity (Wildman–Crippen MR) is 93.8 cm³/mol. The van der Waals surface area contributed by atoms with Gasteiger partial charge in [-0.2, -0.15) is 0 Å². The normalized spacial score (nSPS) is 33.0. The van der Waals surface area contributed by atoms with E-state index in [4.69, 9.17) is 5.21 Å².